The molecule has 12 aromatic rings. The molecule has 0 atom stereocenters. The highest BCUT2D eigenvalue weighted by Crippen LogP contribution is 2.58. The van der Waals surface area contributed by atoms with Crippen molar-refractivity contribution in [3.63, 3.8) is 0 Å². The smallest absolute Gasteiger partial charge is 0.000741 e. The molecule has 298 valence electrons. The molecular weight excluding hydrogens is 769 g/mol. The van der Waals surface area contributed by atoms with Crippen LogP contribution in [0.4, 0.5) is 0 Å². The molecule has 0 N–H and O–H groups in total. The number of hydrogen-bond donors (Lipinski definition) is 0. The third kappa shape index (κ3) is 6.23. The Morgan fingerprint density at radius 1 is 0.172 bits per heavy atom. The number of hydrogen-bond acceptors (Lipinski definition) is 0. The summed E-state index contributed by atoms with van der Waals surface area (Å²) in [4.78, 5) is 0. The lowest BCUT2D eigenvalue weighted by atomic mass is 9.73. The van der Waals surface area contributed by atoms with Gasteiger partial charge in [0.15, 0.2) is 0 Å². The molecule has 12 aromatic carbocycles. The number of rotatable bonds is 7. The van der Waals surface area contributed by atoms with Crippen LogP contribution in [0.2, 0.25) is 0 Å². The quantitative estimate of drug-likeness (QED) is 0.141. The van der Waals surface area contributed by atoms with E-state index >= 15 is 0 Å². The molecule has 0 aliphatic rings. The second kappa shape index (κ2) is 15.9. The van der Waals surface area contributed by atoms with Crippen molar-refractivity contribution in [3.8, 4) is 77.9 Å². The molecule has 0 saturated carbocycles. The summed E-state index contributed by atoms with van der Waals surface area (Å²) in [6.07, 6.45) is 0. The highest BCUT2D eigenvalue weighted by atomic mass is 14.3. The average molecular weight is 811 g/mol. The zero-order valence-corrected chi connectivity index (χ0v) is 35.2. The summed E-state index contributed by atoms with van der Waals surface area (Å²) in [6.45, 7) is 0. The molecule has 0 saturated heterocycles. The van der Waals surface area contributed by atoms with Crippen LogP contribution in [0.15, 0.2) is 255 Å². The Bertz CT molecular complexity index is 3510. The molecule has 12 rings (SSSR count). The van der Waals surface area contributed by atoms with E-state index in [1.165, 1.54) is 121 Å². The van der Waals surface area contributed by atoms with Gasteiger partial charge in [-0.05, 0) is 133 Å². The Kier molecular flexibility index (Phi) is 9.28. The van der Waals surface area contributed by atoms with Crippen LogP contribution in [0.5, 0.6) is 0 Å². The largest absolute Gasteiger partial charge is 0.0622 e. The van der Waals surface area contributed by atoms with Gasteiger partial charge in [-0.1, -0.05) is 243 Å². The van der Waals surface area contributed by atoms with Crippen LogP contribution in [0.3, 0.4) is 0 Å². The van der Waals surface area contributed by atoms with Gasteiger partial charge in [0.2, 0.25) is 0 Å². The Balaban J connectivity index is 1.40. The van der Waals surface area contributed by atoms with Crippen molar-refractivity contribution in [2.45, 2.75) is 0 Å². The van der Waals surface area contributed by atoms with Gasteiger partial charge < -0.3 is 0 Å². The molecule has 0 spiro atoms. The van der Waals surface area contributed by atoms with E-state index in [1.807, 2.05) is 0 Å². The Hall–Kier alpha value is -8.32. The molecule has 0 bridgehead atoms. The van der Waals surface area contributed by atoms with Gasteiger partial charge in [-0.15, -0.1) is 0 Å². The third-order valence-electron chi connectivity index (χ3n) is 13.0. The first kappa shape index (κ1) is 37.4. The fourth-order valence-electron chi connectivity index (χ4n) is 10.4. The molecule has 0 heteroatoms. The lowest BCUT2D eigenvalue weighted by Crippen LogP contribution is -2.03. The van der Waals surface area contributed by atoms with Gasteiger partial charge in [0.1, 0.15) is 0 Å². The van der Waals surface area contributed by atoms with E-state index in [-0.39, 0.29) is 0 Å². The lowest BCUT2D eigenvalue weighted by Gasteiger charge is -2.29. The summed E-state index contributed by atoms with van der Waals surface area (Å²) < 4.78 is 0. The van der Waals surface area contributed by atoms with E-state index in [2.05, 4.69) is 255 Å². The summed E-state index contributed by atoms with van der Waals surface area (Å²) >= 11 is 0. The van der Waals surface area contributed by atoms with Gasteiger partial charge >= 0.3 is 0 Å². The molecule has 0 amide bonds. The highest BCUT2D eigenvalue weighted by molar-refractivity contribution is 6.27. The second-order valence-electron chi connectivity index (χ2n) is 16.7. The van der Waals surface area contributed by atoms with Crippen LogP contribution in [-0.4, -0.2) is 0 Å². The normalized spacial score (nSPS) is 11.4. The van der Waals surface area contributed by atoms with Crippen molar-refractivity contribution in [3.05, 3.63) is 255 Å². The van der Waals surface area contributed by atoms with E-state index in [1.54, 1.807) is 0 Å². The molecular formula is C64H42. The first-order valence-corrected chi connectivity index (χ1v) is 22.2. The maximum absolute atomic E-state index is 2.41. The molecule has 0 unspecified atom stereocenters. The van der Waals surface area contributed by atoms with E-state index in [0.717, 1.165) is 0 Å². The third-order valence-corrected chi connectivity index (χ3v) is 13.0. The Morgan fingerprint density at radius 3 is 0.828 bits per heavy atom. The zero-order valence-electron chi connectivity index (χ0n) is 35.2. The predicted octanol–water partition coefficient (Wildman–Crippen LogP) is 18.0. The van der Waals surface area contributed by atoms with Gasteiger partial charge in [-0.25, -0.2) is 0 Å². The maximum atomic E-state index is 2.41. The van der Waals surface area contributed by atoms with Crippen LogP contribution < -0.4 is 0 Å². The van der Waals surface area contributed by atoms with Gasteiger partial charge in [0, 0.05) is 0 Å². The molecule has 0 aromatic heterocycles. The van der Waals surface area contributed by atoms with Crippen LogP contribution in [0.1, 0.15) is 0 Å². The summed E-state index contributed by atoms with van der Waals surface area (Å²) in [5.41, 5.74) is 16.8. The van der Waals surface area contributed by atoms with Crippen LogP contribution in [-0.2, 0) is 0 Å². The van der Waals surface area contributed by atoms with Crippen LogP contribution >= 0.6 is 0 Å². The SMILES string of the molecule is c1ccc(-c2c(-c3ccccc3)c(-c3ccccc3)c(-c3cccc4cc5ccccc5c(-c5c6ccccc6cc6ccccc56)c34)c(-c3ccccc3)c2-c2ccccc2)cc1. The predicted molar refractivity (Wildman–Crippen MR) is 275 cm³/mol. The molecule has 0 heterocycles. The molecule has 0 fully saturated rings. The fraction of sp³-hybridized carbons (Fsp3) is 0. The van der Waals surface area contributed by atoms with Crippen LogP contribution in [0.25, 0.3) is 121 Å². The van der Waals surface area contributed by atoms with Crippen molar-refractivity contribution in [1.29, 1.82) is 0 Å². The first-order valence-electron chi connectivity index (χ1n) is 22.2. The van der Waals surface area contributed by atoms with Gasteiger partial charge in [0.05, 0.1) is 0 Å². The van der Waals surface area contributed by atoms with Crippen molar-refractivity contribution < 1.29 is 0 Å². The lowest BCUT2D eigenvalue weighted by molar-refractivity contribution is 1.52. The zero-order chi connectivity index (χ0) is 42.4. The maximum Gasteiger partial charge on any atom is -0.000741 e. The first-order chi connectivity index (χ1) is 31.8. The summed E-state index contributed by atoms with van der Waals surface area (Å²) in [5, 5.41) is 9.85. The minimum atomic E-state index is 1.17. The number of fused-ring (bicyclic) bond motifs is 4. The van der Waals surface area contributed by atoms with Gasteiger partial charge in [-0.3, -0.25) is 0 Å². The standard InChI is InChI=1S/C64H42/c1-6-23-43(24-7-1)57-58(44-25-8-2-9-26-44)60(46-29-12-4-13-30-46)64(61(47-31-14-5-15-32-47)59(57)45-27-10-3-11-28-45)55-40-22-36-51-42-50-35-18-21-39-54(50)63(56(51)55)62-52-37-19-16-33-48(52)41-49-34-17-20-38-53(49)62/h1-42H. The minimum Gasteiger partial charge on any atom is -0.0622 e. The fourth-order valence-corrected chi connectivity index (χ4v) is 10.4. The van der Waals surface area contributed by atoms with E-state index < -0.39 is 0 Å². The topological polar surface area (TPSA) is 0 Å². The summed E-state index contributed by atoms with van der Waals surface area (Å²) in [5.74, 6) is 0. The van der Waals surface area contributed by atoms with E-state index in [0.29, 0.717) is 0 Å². The molecule has 0 nitrogen and oxygen atoms in total. The van der Waals surface area contributed by atoms with Crippen LogP contribution in [0, 0.1) is 0 Å². The highest BCUT2D eigenvalue weighted by Gasteiger charge is 2.30. The summed E-state index contributed by atoms with van der Waals surface area (Å²) in [7, 11) is 0. The van der Waals surface area contributed by atoms with Crippen molar-refractivity contribution >= 4 is 43.1 Å². The Morgan fingerprint density at radius 2 is 0.453 bits per heavy atom. The monoisotopic (exact) mass is 810 g/mol. The molecule has 0 radical (unpaired) electrons. The van der Waals surface area contributed by atoms with Crippen molar-refractivity contribution in [2.75, 3.05) is 0 Å². The van der Waals surface area contributed by atoms with Gasteiger partial charge in [0.25, 0.3) is 0 Å². The van der Waals surface area contributed by atoms with Gasteiger partial charge in [-0.2, -0.15) is 0 Å². The average Bonchev–Trinajstić information content (AvgIpc) is 3.37. The van der Waals surface area contributed by atoms with Crippen molar-refractivity contribution in [1.82, 2.24) is 0 Å². The molecule has 64 heavy (non-hydrogen) atoms. The summed E-state index contributed by atoms with van der Waals surface area (Å²) in [6, 6.07) is 94.0. The van der Waals surface area contributed by atoms with E-state index in [9.17, 15) is 0 Å². The minimum absolute atomic E-state index is 1.17. The molecule has 0 aliphatic heterocycles. The second-order valence-corrected chi connectivity index (χ2v) is 16.7. The molecule has 0 aliphatic carbocycles. The number of benzene rings is 12. The van der Waals surface area contributed by atoms with Crippen molar-refractivity contribution in [2.24, 2.45) is 0 Å². The Labute approximate surface area is 374 Å². The van der Waals surface area contributed by atoms with E-state index in [4.69, 9.17) is 0 Å².